The summed E-state index contributed by atoms with van der Waals surface area (Å²) in [6.45, 7) is 1.89. The lowest BCUT2D eigenvalue weighted by molar-refractivity contribution is -0.132. The highest BCUT2D eigenvalue weighted by Crippen LogP contribution is 2.25. The van der Waals surface area contributed by atoms with E-state index in [1.807, 2.05) is 6.07 Å². The molecule has 0 bridgehead atoms. The summed E-state index contributed by atoms with van der Waals surface area (Å²) in [4.78, 5) is 14.6. The summed E-state index contributed by atoms with van der Waals surface area (Å²) in [6, 6.07) is 8.31. The lowest BCUT2D eigenvalue weighted by Crippen LogP contribution is -2.45. The van der Waals surface area contributed by atoms with Crippen molar-refractivity contribution in [3.63, 3.8) is 0 Å². The van der Waals surface area contributed by atoms with Crippen molar-refractivity contribution in [1.29, 1.82) is 0 Å². The molecule has 102 valence electrons. The zero-order valence-electron chi connectivity index (χ0n) is 11.4. The van der Waals surface area contributed by atoms with Gasteiger partial charge in [-0.1, -0.05) is 31.0 Å². The molecular weight excluding hydrogens is 236 g/mol. The third-order valence-corrected chi connectivity index (χ3v) is 4.27. The first-order valence-corrected chi connectivity index (χ1v) is 7.48. The van der Waals surface area contributed by atoms with Gasteiger partial charge in [0.1, 0.15) is 6.04 Å². The van der Waals surface area contributed by atoms with Crippen LogP contribution in [0.1, 0.15) is 37.7 Å². The van der Waals surface area contributed by atoms with Crippen molar-refractivity contribution in [3.8, 4) is 0 Å². The van der Waals surface area contributed by atoms with Gasteiger partial charge in [0.2, 0.25) is 5.91 Å². The molecule has 1 amide bonds. The second-order valence-corrected chi connectivity index (χ2v) is 5.63. The Kier molecular flexibility index (Phi) is 3.72. The second kappa shape index (κ2) is 5.64. The predicted octanol–water partition coefficient (Wildman–Crippen LogP) is 2.82. The number of carbonyl (C=O) groups excluding carboxylic acids is 1. The van der Waals surface area contributed by atoms with E-state index in [2.05, 4.69) is 28.4 Å². The normalized spacial score (nSPS) is 23.2. The molecule has 0 aromatic heterocycles. The van der Waals surface area contributed by atoms with Crippen LogP contribution in [0.25, 0.3) is 0 Å². The third kappa shape index (κ3) is 2.75. The van der Waals surface area contributed by atoms with Crippen molar-refractivity contribution in [2.45, 2.75) is 44.6 Å². The van der Waals surface area contributed by atoms with E-state index in [0.717, 1.165) is 44.5 Å². The number of benzene rings is 1. The molecule has 3 nitrogen and oxygen atoms in total. The highest BCUT2D eigenvalue weighted by atomic mass is 16.2. The first-order valence-electron chi connectivity index (χ1n) is 7.48. The lowest BCUT2D eigenvalue weighted by atomic mass is 9.97. The molecule has 2 aliphatic heterocycles. The Balaban J connectivity index is 1.68. The molecule has 0 radical (unpaired) electrons. The maximum absolute atomic E-state index is 12.6. The van der Waals surface area contributed by atoms with E-state index < -0.39 is 0 Å². The zero-order valence-corrected chi connectivity index (χ0v) is 11.4. The smallest absolute Gasteiger partial charge is 0.245 e. The minimum absolute atomic E-state index is 0.0204. The Morgan fingerprint density at radius 3 is 2.63 bits per heavy atom. The molecular formula is C16H22N2O. The molecule has 1 aromatic carbocycles. The predicted molar refractivity (Wildman–Crippen MR) is 77.2 cm³/mol. The average molecular weight is 258 g/mol. The summed E-state index contributed by atoms with van der Waals surface area (Å²) in [6.07, 6.45) is 6.79. The number of aryl methyl sites for hydroxylation is 1. The summed E-state index contributed by atoms with van der Waals surface area (Å²) in [5, 5.41) is 3.42. The number of hydrogen-bond acceptors (Lipinski definition) is 2. The number of hydrogen-bond donors (Lipinski definition) is 1. The second-order valence-electron chi connectivity index (χ2n) is 5.63. The van der Waals surface area contributed by atoms with E-state index in [4.69, 9.17) is 0 Å². The van der Waals surface area contributed by atoms with Crippen LogP contribution in [-0.4, -0.2) is 29.9 Å². The van der Waals surface area contributed by atoms with Crippen molar-refractivity contribution < 1.29 is 4.79 Å². The van der Waals surface area contributed by atoms with E-state index in [1.165, 1.54) is 18.4 Å². The van der Waals surface area contributed by atoms with E-state index >= 15 is 0 Å². The van der Waals surface area contributed by atoms with Crippen LogP contribution in [0.15, 0.2) is 24.3 Å². The van der Waals surface area contributed by atoms with E-state index in [-0.39, 0.29) is 6.04 Å². The molecule has 3 heteroatoms. The topological polar surface area (TPSA) is 32.3 Å². The van der Waals surface area contributed by atoms with E-state index in [0.29, 0.717) is 5.91 Å². The molecule has 1 unspecified atom stereocenters. The van der Waals surface area contributed by atoms with Crippen LogP contribution in [-0.2, 0) is 11.2 Å². The fraction of sp³-hybridized carbons (Fsp3) is 0.562. The van der Waals surface area contributed by atoms with Gasteiger partial charge in [0.25, 0.3) is 0 Å². The van der Waals surface area contributed by atoms with Gasteiger partial charge in [-0.3, -0.25) is 4.79 Å². The van der Waals surface area contributed by atoms with Crippen molar-refractivity contribution in [2.75, 3.05) is 18.4 Å². The van der Waals surface area contributed by atoms with Gasteiger partial charge in [0.05, 0.1) is 0 Å². The van der Waals surface area contributed by atoms with Crippen molar-refractivity contribution in [3.05, 3.63) is 29.8 Å². The Morgan fingerprint density at radius 1 is 1.11 bits per heavy atom. The highest BCUT2D eigenvalue weighted by Gasteiger charge is 2.27. The van der Waals surface area contributed by atoms with Gasteiger partial charge < -0.3 is 10.2 Å². The molecule has 0 aliphatic carbocycles. The largest absolute Gasteiger partial charge is 0.373 e. The van der Waals surface area contributed by atoms with E-state index in [1.54, 1.807) is 0 Å². The fourth-order valence-electron chi connectivity index (χ4n) is 3.14. The molecule has 3 rings (SSSR count). The number of carbonyl (C=O) groups is 1. The van der Waals surface area contributed by atoms with Crippen molar-refractivity contribution in [2.24, 2.45) is 0 Å². The third-order valence-electron chi connectivity index (χ3n) is 4.27. The molecule has 0 spiro atoms. The first kappa shape index (κ1) is 12.5. The van der Waals surface area contributed by atoms with Crippen LogP contribution in [0.2, 0.25) is 0 Å². The maximum atomic E-state index is 12.6. The molecule has 1 atom stereocenters. The summed E-state index contributed by atoms with van der Waals surface area (Å²) in [5.74, 6) is 0.302. The monoisotopic (exact) mass is 258 g/mol. The minimum Gasteiger partial charge on any atom is -0.373 e. The highest BCUT2D eigenvalue weighted by molar-refractivity contribution is 5.85. The fourth-order valence-corrected chi connectivity index (χ4v) is 3.14. The van der Waals surface area contributed by atoms with Gasteiger partial charge in [0, 0.05) is 18.8 Å². The SMILES string of the molecule is O=C(C1CCc2ccccc2N1)N1CCCCCC1. The number of nitrogens with zero attached hydrogens (tertiary/aromatic N) is 1. The molecule has 1 fully saturated rings. The molecule has 19 heavy (non-hydrogen) atoms. The maximum Gasteiger partial charge on any atom is 0.245 e. The summed E-state index contributed by atoms with van der Waals surface area (Å²) in [5.41, 5.74) is 2.48. The van der Waals surface area contributed by atoms with Gasteiger partial charge in [-0.05, 0) is 37.3 Å². The number of amides is 1. The van der Waals surface area contributed by atoms with Crippen LogP contribution in [0.3, 0.4) is 0 Å². The standard InChI is InChI=1S/C16H22N2O/c19-16(18-11-5-1-2-6-12-18)15-10-9-13-7-3-4-8-14(13)17-15/h3-4,7-8,15,17H,1-2,5-6,9-12H2. The number of nitrogens with one attached hydrogen (secondary N) is 1. The van der Waals surface area contributed by atoms with Gasteiger partial charge >= 0.3 is 0 Å². The van der Waals surface area contributed by atoms with Crippen molar-refractivity contribution in [1.82, 2.24) is 4.90 Å². The molecule has 2 aliphatic rings. The lowest BCUT2D eigenvalue weighted by Gasteiger charge is -2.31. The van der Waals surface area contributed by atoms with Crippen LogP contribution in [0, 0.1) is 0 Å². The molecule has 1 saturated heterocycles. The van der Waals surface area contributed by atoms with Crippen LogP contribution >= 0.6 is 0 Å². The summed E-state index contributed by atoms with van der Waals surface area (Å²) < 4.78 is 0. The van der Waals surface area contributed by atoms with Gasteiger partial charge in [-0.15, -0.1) is 0 Å². The Morgan fingerprint density at radius 2 is 1.84 bits per heavy atom. The summed E-state index contributed by atoms with van der Waals surface area (Å²) in [7, 11) is 0. The Bertz CT molecular complexity index is 450. The van der Waals surface area contributed by atoms with Crippen LogP contribution in [0.5, 0.6) is 0 Å². The average Bonchev–Trinajstić information content (AvgIpc) is 2.75. The Hall–Kier alpha value is -1.51. The molecule has 2 heterocycles. The van der Waals surface area contributed by atoms with Gasteiger partial charge in [-0.25, -0.2) is 0 Å². The van der Waals surface area contributed by atoms with Gasteiger partial charge in [-0.2, -0.15) is 0 Å². The minimum atomic E-state index is -0.0204. The van der Waals surface area contributed by atoms with Crippen LogP contribution in [0.4, 0.5) is 5.69 Å². The van der Waals surface area contributed by atoms with Gasteiger partial charge in [0.15, 0.2) is 0 Å². The number of para-hydroxylation sites is 1. The number of anilines is 1. The molecule has 0 saturated carbocycles. The summed E-state index contributed by atoms with van der Waals surface area (Å²) >= 11 is 0. The number of fused-ring (bicyclic) bond motifs is 1. The van der Waals surface area contributed by atoms with Crippen LogP contribution < -0.4 is 5.32 Å². The Labute approximate surface area is 115 Å². The van der Waals surface area contributed by atoms with E-state index in [9.17, 15) is 4.79 Å². The van der Waals surface area contributed by atoms with Crippen molar-refractivity contribution >= 4 is 11.6 Å². The zero-order chi connectivity index (χ0) is 13.1. The molecule has 1 aromatic rings. The number of likely N-dealkylation sites (tertiary alicyclic amines) is 1. The first-order chi connectivity index (χ1) is 9.34. The quantitative estimate of drug-likeness (QED) is 0.840. The molecule has 1 N–H and O–H groups in total. The number of rotatable bonds is 1.